The van der Waals surface area contributed by atoms with E-state index in [1.54, 1.807) is 43.4 Å². The lowest BCUT2D eigenvalue weighted by molar-refractivity contribution is -0.120. The fraction of sp³-hybridized carbons (Fsp3) is 0.233. The summed E-state index contributed by atoms with van der Waals surface area (Å²) in [6.07, 6.45) is 0.939. The van der Waals surface area contributed by atoms with E-state index in [1.165, 1.54) is 12.1 Å². The lowest BCUT2D eigenvalue weighted by Gasteiger charge is -2.40. The van der Waals surface area contributed by atoms with Gasteiger partial charge in [0, 0.05) is 47.3 Å². The largest absolute Gasteiger partial charge is 0.497 e. The second-order valence-electron chi connectivity index (χ2n) is 9.25. The van der Waals surface area contributed by atoms with Gasteiger partial charge in [-0.3, -0.25) is 14.5 Å². The van der Waals surface area contributed by atoms with Crippen LogP contribution >= 0.6 is 0 Å². The Morgan fingerprint density at radius 2 is 1.62 bits per heavy atom. The molecule has 0 bridgehead atoms. The number of carbonyl (C=O) groups is 3. The van der Waals surface area contributed by atoms with Crippen LogP contribution in [-0.4, -0.2) is 37.0 Å². The van der Waals surface area contributed by atoms with E-state index >= 15 is 0 Å². The molecule has 1 heterocycles. The molecule has 0 saturated heterocycles. The fourth-order valence-electron chi connectivity index (χ4n) is 5.42. The number of methoxy groups -OCH3 is 2. The number of aromatic carboxylic acids is 1. The standard InChI is InChI=1S/C30H27NO6/c1-36-22-12-13-23(27(16-22)37-2)24-17-28(33)31(21-10-8-19(9-11-21)30(34)35)25-14-20(15-26(32)29(24)25)18-6-4-3-5-7-18/h3-13,16,20,24H,14-15,17H2,1-2H3,(H,34,35). The highest BCUT2D eigenvalue weighted by atomic mass is 16.5. The van der Waals surface area contributed by atoms with E-state index in [1.807, 2.05) is 36.4 Å². The van der Waals surface area contributed by atoms with Crippen LogP contribution in [0.5, 0.6) is 11.5 Å². The molecule has 0 aromatic heterocycles. The van der Waals surface area contributed by atoms with E-state index in [4.69, 9.17) is 9.47 Å². The summed E-state index contributed by atoms with van der Waals surface area (Å²) in [6, 6.07) is 21.5. The second-order valence-corrected chi connectivity index (χ2v) is 9.25. The Kier molecular flexibility index (Phi) is 6.53. The van der Waals surface area contributed by atoms with Gasteiger partial charge in [-0.1, -0.05) is 36.4 Å². The predicted molar refractivity (Wildman–Crippen MR) is 138 cm³/mol. The molecule has 1 aliphatic heterocycles. The van der Waals surface area contributed by atoms with Crippen LogP contribution in [0.3, 0.4) is 0 Å². The van der Waals surface area contributed by atoms with Gasteiger partial charge in [0.25, 0.3) is 0 Å². The maximum absolute atomic E-state index is 13.8. The Hall–Kier alpha value is -4.39. The van der Waals surface area contributed by atoms with Gasteiger partial charge in [0.1, 0.15) is 11.5 Å². The van der Waals surface area contributed by atoms with Crippen LogP contribution in [-0.2, 0) is 9.59 Å². The third-order valence-electron chi connectivity index (χ3n) is 7.19. The van der Waals surface area contributed by atoms with Crippen LogP contribution in [0.15, 0.2) is 84.1 Å². The maximum atomic E-state index is 13.8. The highest BCUT2D eigenvalue weighted by Gasteiger charge is 2.43. The zero-order chi connectivity index (χ0) is 26.1. The summed E-state index contributed by atoms with van der Waals surface area (Å²) in [4.78, 5) is 40.5. The van der Waals surface area contributed by atoms with Crippen LogP contribution in [0.25, 0.3) is 0 Å². The molecule has 3 aromatic rings. The molecule has 7 nitrogen and oxygen atoms in total. The van der Waals surface area contributed by atoms with Crippen molar-refractivity contribution in [1.29, 1.82) is 0 Å². The van der Waals surface area contributed by atoms with E-state index in [2.05, 4.69) is 0 Å². The highest BCUT2D eigenvalue weighted by Crippen LogP contribution is 2.48. The number of Topliss-reactive ketones (excluding diaryl/α,β-unsaturated/α-hetero) is 1. The summed E-state index contributed by atoms with van der Waals surface area (Å²) >= 11 is 0. The molecule has 3 aromatic carbocycles. The third kappa shape index (κ3) is 4.48. The number of amides is 1. The van der Waals surface area contributed by atoms with E-state index in [0.29, 0.717) is 41.3 Å². The fourth-order valence-corrected chi connectivity index (χ4v) is 5.42. The van der Waals surface area contributed by atoms with Gasteiger partial charge in [-0.2, -0.15) is 0 Å². The van der Waals surface area contributed by atoms with Gasteiger partial charge in [-0.05, 0) is 48.2 Å². The Morgan fingerprint density at radius 3 is 2.27 bits per heavy atom. The minimum absolute atomic E-state index is 0.00219. The molecule has 2 atom stereocenters. The Bertz CT molecular complexity index is 1390. The van der Waals surface area contributed by atoms with E-state index in [9.17, 15) is 19.5 Å². The molecule has 1 N–H and O–H groups in total. The summed E-state index contributed by atoms with van der Waals surface area (Å²) in [7, 11) is 3.13. The number of ether oxygens (including phenoxy) is 2. The van der Waals surface area contributed by atoms with Gasteiger partial charge in [0.05, 0.1) is 19.8 Å². The van der Waals surface area contributed by atoms with Gasteiger partial charge >= 0.3 is 5.97 Å². The predicted octanol–water partition coefficient (Wildman–Crippen LogP) is 5.32. The summed E-state index contributed by atoms with van der Waals surface area (Å²) in [5, 5.41) is 9.31. The molecular weight excluding hydrogens is 470 g/mol. The summed E-state index contributed by atoms with van der Waals surface area (Å²) in [6.45, 7) is 0. The number of rotatable bonds is 6. The van der Waals surface area contributed by atoms with Crippen molar-refractivity contribution in [1.82, 2.24) is 0 Å². The van der Waals surface area contributed by atoms with Crippen LogP contribution in [0.2, 0.25) is 0 Å². The Morgan fingerprint density at radius 1 is 0.892 bits per heavy atom. The SMILES string of the molecule is COc1ccc(C2CC(=O)N(c3ccc(C(=O)O)cc3)C3=C2C(=O)CC(c2ccccc2)C3)c(OC)c1. The summed E-state index contributed by atoms with van der Waals surface area (Å²) in [5.74, 6) is -0.555. The molecule has 37 heavy (non-hydrogen) atoms. The van der Waals surface area contributed by atoms with Crippen molar-refractivity contribution < 1.29 is 29.0 Å². The normalized spacial score (nSPS) is 19.5. The minimum atomic E-state index is -1.04. The molecule has 1 aliphatic carbocycles. The number of allylic oxidation sites excluding steroid dienone is 2. The van der Waals surface area contributed by atoms with Crippen molar-refractivity contribution in [3.8, 4) is 11.5 Å². The number of carboxylic acids is 1. The van der Waals surface area contributed by atoms with Crippen molar-refractivity contribution in [2.45, 2.75) is 31.1 Å². The smallest absolute Gasteiger partial charge is 0.335 e. The number of carbonyl (C=O) groups excluding carboxylic acids is 2. The van der Waals surface area contributed by atoms with E-state index < -0.39 is 11.9 Å². The zero-order valence-corrected chi connectivity index (χ0v) is 20.6. The molecule has 0 radical (unpaired) electrons. The second kappa shape index (κ2) is 9.93. The molecule has 7 heteroatoms. The van der Waals surface area contributed by atoms with Crippen molar-refractivity contribution >= 4 is 23.3 Å². The van der Waals surface area contributed by atoms with Gasteiger partial charge in [-0.15, -0.1) is 0 Å². The topological polar surface area (TPSA) is 93.1 Å². The number of ketones is 1. The third-order valence-corrected chi connectivity index (χ3v) is 7.19. The first kappa shape index (κ1) is 24.3. The molecule has 0 saturated carbocycles. The average molecular weight is 498 g/mol. The summed E-state index contributed by atoms with van der Waals surface area (Å²) in [5.41, 5.74) is 3.75. The molecule has 5 rings (SSSR count). The van der Waals surface area contributed by atoms with Crippen molar-refractivity contribution in [2.75, 3.05) is 19.1 Å². The van der Waals surface area contributed by atoms with Crippen molar-refractivity contribution in [3.05, 3.63) is 101 Å². The lowest BCUT2D eigenvalue weighted by atomic mass is 9.72. The lowest BCUT2D eigenvalue weighted by Crippen LogP contribution is -2.41. The van der Waals surface area contributed by atoms with Crippen molar-refractivity contribution in [3.63, 3.8) is 0 Å². The van der Waals surface area contributed by atoms with Gasteiger partial charge in [0.2, 0.25) is 5.91 Å². The average Bonchev–Trinajstić information content (AvgIpc) is 2.92. The number of carboxylic acid groups (broad SMARTS) is 1. The zero-order valence-electron chi connectivity index (χ0n) is 20.6. The molecule has 0 spiro atoms. The summed E-state index contributed by atoms with van der Waals surface area (Å²) < 4.78 is 11.0. The van der Waals surface area contributed by atoms with E-state index in [-0.39, 0.29) is 29.6 Å². The van der Waals surface area contributed by atoms with Crippen LogP contribution in [0, 0.1) is 0 Å². The highest BCUT2D eigenvalue weighted by molar-refractivity contribution is 6.08. The first-order chi connectivity index (χ1) is 17.9. The maximum Gasteiger partial charge on any atom is 0.335 e. The first-order valence-corrected chi connectivity index (χ1v) is 12.1. The number of nitrogens with zero attached hydrogens (tertiary/aromatic N) is 1. The molecule has 0 fully saturated rings. The Labute approximate surface area is 214 Å². The molecule has 1 amide bonds. The quantitative estimate of drug-likeness (QED) is 0.495. The van der Waals surface area contributed by atoms with E-state index in [0.717, 1.165) is 11.1 Å². The van der Waals surface area contributed by atoms with Crippen LogP contribution in [0.1, 0.15) is 52.6 Å². The van der Waals surface area contributed by atoms with Gasteiger partial charge in [-0.25, -0.2) is 4.79 Å². The number of hydrogen-bond acceptors (Lipinski definition) is 5. The van der Waals surface area contributed by atoms with Gasteiger partial charge in [0.15, 0.2) is 5.78 Å². The monoisotopic (exact) mass is 497 g/mol. The Balaban J connectivity index is 1.66. The molecular formula is C30H27NO6. The number of hydrogen-bond donors (Lipinski definition) is 1. The minimum Gasteiger partial charge on any atom is -0.497 e. The van der Waals surface area contributed by atoms with Crippen LogP contribution in [0.4, 0.5) is 5.69 Å². The van der Waals surface area contributed by atoms with Crippen molar-refractivity contribution in [2.24, 2.45) is 0 Å². The molecule has 2 unspecified atom stereocenters. The molecule has 2 aliphatic rings. The number of anilines is 1. The van der Waals surface area contributed by atoms with Gasteiger partial charge < -0.3 is 14.6 Å². The van der Waals surface area contributed by atoms with Crippen LogP contribution < -0.4 is 14.4 Å². The number of benzene rings is 3. The first-order valence-electron chi connectivity index (χ1n) is 12.1. The molecule has 188 valence electrons.